The van der Waals surface area contributed by atoms with Gasteiger partial charge in [-0.25, -0.2) is 0 Å². The summed E-state index contributed by atoms with van der Waals surface area (Å²) in [5, 5.41) is 0. The molecule has 0 fully saturated rings. The average molecular weight is 278 g/mol. The highest BCUT2D eigenvalue weighted by atomic mass is 19.4. The Labute approximate surface area is 112 Å². The summed E-state index contributed by atoms with van der Waals surface area (Å²) in [5.74, 6) is -2.12. The molecule has 0 bridgehead atoms. The number of Topliss-reactive ketones (excluding diaryl/α,β-unsaturated/α-hetero) is 2. The van der Waals surface area contributed by atoms with Crippen LogP contribution in [0.15, 0.2) is 54.6 Å². The molecule has 2 nitrogen and oxygen atoms in total. The Morgan fingerprint density at radius 2 is 1.30 bits per heavy atom. The van der Waals surface area contributed by atoms with Crippen molar-refractivity contribution in [1.29, 1.82) is 0 Å². The Bertz CT molecular complexity index is 646. The van der Waals surface area contributed by atoms with Crippen LogP contribution in [0.25, 0.3) is 0 Å². The second-order valence-electron chi connectivity index (χ2n) is 4.07. The first-order valence-electron chi connectivity index (χ1n) is 5.71. The summed E-state index contributed by atoms with van der Waals surface area (Å²) >= 11 is 0. The predicted molar refractivity (Wildman–Crippen MR) is 66.5 cm³/mol. The molecular formula is C15H9F3O2. The Hall–Kier alpha value is -2.43. The molecule has 2 aromatic carbocycles. The fourth-order valence-electron chi connectivity index (χ4n) is 1.77. The van der Waals surface area contributed by atoms with Crippen LogP contribution in [0.2, 0.25) is 0 Å². The van der Waals surface area contributed by atoms with Crippen LogP contribution in [0.5, 0.6) is 0 Å². The van der Waals surface area contributed by atoms with Gasteiger partial charge in [-0.15, -0.1) is 0 Å². The van der Waals surface area contributed by atoms with E-state index in [1.54, 1.807) is 6.07 Å². The van der Waals surface area contributed by atoms with Crippen LogP contribution in [-0.4, -0.2) is 11.6 Å². The predicted octanol–water partition coefficient (Wildman–Crippen LogP) is 3.77. The summed E-state index contributed by atoms with van der Waals surface area (Å²) in [4.78, 5) is 23.9. The molecule has 0 saturated carbocycles. The quantitative estimate of drug-likeness (QED) is 0.632. The average Bonchev–Trinajstić information content (AvgIpc) is 2.46. The van der Waals surface area contributed by atoms with Crippen LogP contribution < -0.4 is 0 Å². The zero-order chi connectivity index (χ0) is 14.8. The first-order valence-corrected chi connectivity index (χ1v) is 5.71. The highest BCUT2D eigenvalue weighted by Crippen LogP contribution is 2.32. The SMILES string of the molecule is O=C(C(=O)c1ccccc1C(F)(F)F)c1ccccc1. The lowest BCUT2D eigenvalue weighted by molar-refractivity contribution is -0.137. The number of carbonyl (C=O) groups is 2. The van der Waals surface area contributed by atoms with Crippen molar-refractivity contribution in [2.75, 3.05) is 0 Å². The topological polar surface area (TPSA) is 34.1 Å². The van der Waals surface area contributed by atoms with E-state index in [2.05, 4.69) is 0 Å². The minimum Gasteiger partial charge on any atom is -0.285 e. The molecule has 0 heterocycles. The minimum atomic E-state index is -4.68. The number of benzene rings is 2. The summed E-state index contributed by atoms with van der Waals surface area (Å²) in [6, 6.07) is 11.7. The van der Waals surface area contributed by atoms with Crippen molar-refractivity contribution in [3.05, 3.63) is 71.3 Å². The van der Waals surface area contributed by atoms with Gasteiger partial charge < -0.3 is 0 Å². The largest absolute Gasteiger partial charge is 0.417 e. The Kier molecular flexibility index (Phi) is 3.70. The minimum absolute atomic E-state index is 0.0643. The smallest absolute Gasteiger partial charge is 0.285 e. The van der Waals surface area contributed by atoms with E-state index < -0.39 is 28.9 Å². The van der Waals surface area contributed by atoms with Crippen molar-refractivity contribution in [2.45, 2.75) is 6.18 Å². The lowest BCUT2D eigenvalue weighted by atomic mass is 9.97. The van der Waals surface area contributed by atoms with Gasteiger partial charge in [0.1, 0.15) is 0 Å². The van der Waals surface area contributed by atoms with Crippen LogP contribution in [-0.2, 0) is 6.18 Å². The van der Waals surface area contributed by atoms with E-state index in [1.807, 2.05) is 0 Å². The van der Waals surface area contributed by atoms with Gasteiger partial charge >= 0.3 is 6.18 Å². The van der Waals surface area contributed by atoms with Crippen molar-refractivity contribution in [3.8, 4) is 0 Å². The Balaban J connectivity index is 2.43. The van der Waals surface area contributed by atoms with Crippen molar-refractivity contribution in [3.63, 3.8) is 0 Å². The van der Waals surface area contributed by atoms with E-state index in [9.17, 15) is 22.8 Å². The standard InChI is InChI=1S/C15H9F3O2/c16-15(17,18)12-9-5-4-8-11(12)14(20)13(19)10-6-2-1-3-7-10/h1-9H. The van der Waals surface area contributed by atoms with Crippen molar-refractivity contribution in [2.24, 2.45) is 0 Å². The van der Waals surface area contributed by atoms with Gasteiger partial charge in [0.2, 0.25) is 11.6 Å². The van der Waals surface area contributed by atoms with E-state index in [0.29, 0.717) is 0 Å². The van der Waals surface area contributed by atoms with Gasteiger partial charge in [0.15, 0.2) is 0 Å². The fourth-order valence-corrected chi connectivity index (χ4v) is 1.77. The summed E-state index contributed by atoms with van der Waals surface area (Å²) < 4.78 is 38.4. The number of hydrogen-bond donors (Lipinski definition) is 0. The number of hydrogen-bond acceptors (Lipinski definition) is 2. The van der Waals surface area contributed by atoms with Gasteiger partial charge in [0.25, 0.3) is 0 Å². The maximum absolute atomic E-state index is 12.8. The third-order valence-corrected chi connectivity index (χ3v) is 2.72. The molecule has 2 aromatic rings. The van der Waals surface area contributed by atoms with Gasteiger partial charge in [-0.1, -0.05) is 48.5 Å². The van der Waals surface area contributed by atoms with E-state index in [1.165, 1.54) is 36.4 Å². The second kappa shape index (κ2) is 5.28. The van der Waals surface area contributed by atoms with Gasteiger partial charge in [-0.3, -0.25) is 9.59 Å². The molecule has 0 amide bonds. The molecule has 102 valence electrons. The van der Waals surface area contributed by atoms with Crippen molar-refractivity contribution >= 4 is 11.6 Å². The highest BCUT2D eigenvalue weighted by molar-refractivity contribution is 6.49. The number of rotatable bonds is 3. The van der Waals surface area contributed by atoms with E-state index >= 15 is 0 Å². The molecule has 0 unspecified atom stereocenters. The maximum Gasteiger partial charge on any atom is 0.417 e. The molecule has 20 heavy (non-hydrogen) atoms. The van der Waals surface area contributed by atoms with Crippen LogP contribution >= 0.6 is 0 Å². The summed E-state index contributed by atoms with van der Waals surface area (Å²) in [7, 11) is 0. The molecule has 0 spiro atoms. The molecule has 5 heteroatoms. The third-order valence-electron chi connectivity index (χ3n) is 2.72. The molecule has 0 N–H and O–H groups in total. The first kappa shape index (κ1) is 14.0. The van der Waals surface area contributed by atoms with Gasteiger partial charge in [-0.2, -0.15) is 13.2 Å². The molecule has 0 saturated heterocycles. The van der Waals surface area contributed by atoms with Gasteiger partial charge in [0.05, 0.1) is 5.56 Å². The normalized spacial score (nSPS) is 11.2. The Morgan fingerprint density at radius 3 is 1.90 bits per heavy atom. The number of ketones is 2. The monoisotopic (exact) mass is 278 g/mol. The van der Waals surface area contributed by atoms with E-state index in [4.69, 9.17) is 0 Å². The third kappa shape index (κ3) is 2.77. The molecule has 0 aliphatic carbocycles. The second-order valence-corrected chi connectivity index (χ2v) is 4.07. The zero-order valence-corrected chi connectivity index (χ0v) is 10.1. The lowest BCUT2D eigenvalue weighted by Crippen LogP contribution is -2.19. The summed E-state index contributed by atoms with van der Waals surface area (Å²) in [5.41, 5.74) is -1.67. The molecule has 2 rings (SSSR count). The molecule has 0 aliphatic heterocycles. The van der Waals surface area contributed by atoms with Crippen molar-refractivity contribution in [1.82, 2.24) is 0 Å². The van der Waals surface area contributed by atoms with Crippen LogP contribution in [0.3, 0.4) is 0 Å². The first-order chi connectivity index (χ1) is 9.41. The van der Waals surface area contributed by atoms with Gasteiger partial charge in [-0.05, 0) is 6.07 Å². The molecule has 0 atom stereocenters. The van der Waals surface area contributed by atoms with Crippen LogP contribution in [0.1, 0.15) is 26.3 Å². The fraction of sp³-hybridized carbons (Fsp3) is 0.0667. The summed E-state index contributed by atoms with van der Waals surface area (Å²) in [6.07, 6.45) is -4.68. The highest BCUT2D eigenvalue weighted by Gasteiger charge is 2.36. The van der Waals surface area contributed by atoms with Crippen LogP contribution in [0.4, 0.5) is 13.2 Å². The molecular weight excluding hydrogens is 269 g/mol. The van der Waals surface area contributed by atoms with E-state index in [0.717, 1.165) is 12.1 Å². The zero-order valence-electron chi connectivity index (χ0n) is 10.1. The van der Waals surface area contributed by atoms with Gasteiger partial charge in [0, 0.05) is 11.1 Å². The van der Waals surface area contributed by atoms with Crippen LogP contribution in [0, 0.1) is 0 Å². The molecule has 0 aliphatic rings. The maximum atomic E-state index is 12.8. The number of halogens is 3. The molecule has 0 radical (unpaired) electrons. The van der Waals surface area contributed by atoms with E-state index in [-0.39, 0.29) is 5.56 Å². The molecule has 0 aromatic heterocycles. The number of carbonyl (C=O) groups excluding carboxylic acids is 2. The summed E-state index contributed by atoms with van der Waals surface area (Å²) in [6.45, 7) is 0. The lowest BCUT2D eigenvalue weighted by Gasteiger charge is -2.11. The van der Waals surface area contributed by atoms with Crippen molar-refractivity contribution < 1.29 is 22.8 Å². The Morgan fingerprint density at radius 1 is 0.750 bits per heavy atom. The number of alkyl halides is 3.